The molecule has 5 nitrogen and oxygen atoms in total. The predicted molar refractivity (Wildman–Crippen MR) is 89.5 cm³/mol. The van der Waals surface area contributed by atoms with Gasteiger partial charge in [0, 0.05) is 17.7 Å². The van der Waals surface area contributed by atoms with E-state index in [1.165, 1.54) is 0 Å². The SMILES string of the molecule is Cc1ccccc1OCCCC(=O)Nc1ccc(C(N)=O)cc1. The fraction of sp³-hybridized carbons (Fsp3) is 0.222. The first-order valence-electron chi connectivity index (χ1n) is 7.44. The summed E-state index contributed by atoms with van der Waals surface area (Å²) in [6.45, 7) is 2.47. The second-order valence-electron chi connectivity index (χ2n) is 5.21. The van der Waals surface area contributed by atoms with E-state index in [1.807, 2.05) is 31.2 Å². The van der Waals surface area contributed by atoms with Gasteiger partial charge in [-0.05, 0) is 49.2 Å². The van der Waals surface area contributed by atoms with Gasteiger partial charge in [-0.15, -0.1) is 0 Å². The molecule has 0 aliphatic rings. The molecule has 2 aromatic carbocycles. The van der Waals surface area contributed by atoms with Crippen molar-refractivity contribution in [2.45, 2.75) is 19.8 Å². The standard InChI is InChI=1S/C18H20N2O3/c1-13-5-2-3-6-16(13)23-12-4-7-17(21)20-15-10-8-14(9-11-15)18(19)22/h2-3,5-6,8-11H,4,7,12H2,1H3,(H2,19,22)(H,20,21). The van der Waals surface area contributed by atoms with Gasteiger partial charge in [0.1, 0.15) is 5.75 Å². The number of hydrogen-bond donors (Lipinski definition) is 2. The maximum absolute atomic E-state index is 11.9. The van der Waals surface area contributed by atoms with Crippen LogP contribution >= 0.6 is 0 Å². The van der Waals surface area contributed by atoms with E-state index in [2.05, 4.69) is 5.32 Å². The first kappa shape index (κ1) is 16.5. The van der Waals surface area contributed by atoms with Crippen molar-refractivity contribution in [3.8, 4) is 5.75 Å². The molecule has 0 heterocycles. The van der Waals surface area contributed by atoms with E-state index in [0.717, 1.165) is 11.3 Å². The highest BCUT2D eigenvalue weighted by atomic mass is 16.5. The largest absolute Gasteiger partial charge is 0.493 e. The zero-order valence-corrected chi connectivity index (χ0v) is 13.0. The number of carbonyl (C=O) groups is 2. The third-order valence-corrected chi connectivity index (χ3v) is 3.35. The van der Waals surface area contributed by atoms with Gasteiger partial charge in [0.15, 0.2) is 0 Å². The molecule has 2 aromatic rings. The van der Waals surface area contributed by atoms with Gasteiger partial charge in [-0.25, -0.2) is 0 Å². The molecule has 0 aliphatic heterocycles. The number of benzene rings is 2. The van der Waals surface area contributed by atoms with E-state index in [4.69, 9.17) is 10.5 Å². The number of ether oxygens (including phenoxy) is 1. The molecule has 0 aliphatic carbocycles. The number of amides is 2. The van der Waals surface area contributed by atoms with Crippen molar-refractivity contribution in [3.63, 3.8) is 0 Å². The second-order valence-corrected chi connectivity index (χ2v) is 5.21. The fourth-order valence-electron chi connectivity index (χ4n) is 2.07. The highest BCUT2D eigenvalue weighted by Crippen LogP contribution is 2.16. The predicted octanol–water partition coefficient (Wildman–Crippen LogP) is 2.89. The number of nitrogens with one attached hydrogen (secondary N) is 1. The van der Waals surface area contributed by atoms with Gasteiger partial charge in [-0.1, -0.05) is 18.2 Å². The molecule has 0 fully saturated rings. The first-order valence-corrected chi connectivity index (χ1v) is 7.44. The Labute approximate surface area is 135 Å². The van der Waals surface area contributed by atoms with Crippen LogP contribution in [0.4, 0.5) is 5.69 Å². The summed E-state index contributed by atoms with van der Waals surface area (Å²) in [5.74, 6) is 0.261. The lowest BCUT2D eigenvalue weighted by molar-refractivity contribution is -0.116. The maximum atomic E-state index is 11.9. The van der Waals surface area contributed by atoms with Gasteiger partial charge >= 0.3 is 0 Å². The third kappa shape index (κ3) is 5.14. The molecule has 0 atom stereocenters. The number of para-hydroxylation sites is 1. The second kappa shape index (κ2) is 7.98. The highest BCUT2D eigenvalue weighted by Gasteiger charge is 2.05. The topological polar surface area (TPSA) is 81.4 Å². The Morgan fingerprint density at radius 1 is 1.09 bits per heavy atom. The monoisotopic (exact) mass is 312 g/mol. The maximum Gasteiger partial charge on any atom is 0.248 e. The fourth-order valence-corrected chi connectivity index (χ4v) is 2.07. The number of primary amides is 1. The van der Waals surface area contributed by atoms with Crippen molar-refractivity contribution in [3.05, 3.63) is 59.7 Å². The summed E-state index contributed by atoms with van der Waals surface area (Å²) in [6.07, 6.45) is 0.989. The molecule has 0 unspecified atom stereocenters. The molecule has 0 radical (unpaired) electrons. The molecule has 0 bridgehead atoms. The number of anilines is 1. The van der Waals surface area contributed by atoms with E-state index in [1.54, 1.807) is 24.3 Å². The average molecular weight is 312 g/mol. The lowest BCUT2D eigenvalue weighted by atomic mass is 10.2. The number of rotatable bonds is 7. The molecule has 2 rings (SSSR count). The Kier molecular flexibility index (Phi) is 5.74. The molecule has 0 saturated heterocycles. The van der Waals surface area contributed by atoms with Crippen LogP contribution in [0.2, 0.25) is 0 Å². The lowest BCUT2D eigenvalue weighted by Crippen LogP contribution is -2.14. The molecule has 23 heavy (non-hydrogen) atoms. The van der Waals surface area contributed by atoms with Gasteiger partial charge in [-0.3, -0.25) is 9.59 Å². The Hall–Kier alpha value is -2.82. The normalized spacial score (nSPS) is 10.1. The molecule has 2 amide bonds. The minimum atomic E-state index is -0.490. The third-order valence-electron chi connectivity index (χ3n) is 3.35. The molecule has 0 spiro atoms. The van der Waals surface area contributed by atoms with Crippen molar-refractivity contribution >= 4 is 17.5 Å². The van der Waals surface area contributed by atoms with Gasteiger partial charge in [-0.2, -0.15) is 0 Å². The Bertz CT molecular complexity index is 681. The lowest BCUT2D eigenvalue weighted by Gasteiger charge is -2.09. The van der Waals surface area contributed by atoms with Crippen LogP contribution in [-0.4, -0.2) is 18.4 Å². The molecular weight excluding hydrogens is 292 g/mol. The van der Waals surface area contributed by atoms with Crippen LogP contribution in [-0.2, 0) is 4.79 Å². The first-order chi connectivity index (χ1) is 11.1. The van der Waals surface area contributed by atoms with E-state index >= 15 is 0 Å². The summed E-state index contributed by atoms with van der Waals surface area (Å²) < 4.78 is 5.65. The van der Waals surface area contributed by atoms with Crippen molar-refractivity contribution in [1.29, 1.82) is 0 Å². The van der Waals surface area contributed by atoms with Crippen LogP contribution in [0.1, 0.15) is 28.8 Å². The quantitative estimate of drug-likeness (QED) is 0.771. The zero-order valence-electron chi connectivity index (χ0n) is 13.0. The van der Waals surface area contributed by atoms with Crippen LogP contribution in [0.3, 0.4) is 0 Å². The smallest absolute Gasteiger partial charge is 0.248 e. The van der Waals surface area contributed by atoms with Crippen LogP contribution < -0.4 is 15.8 Å². The van der Waals surface area contributed by atoms with Crippen molar-refractivity contribution in [2.24, 2.45) is 5.73 Å². The van der Waals surface area contributed by atoms with Gasteiger partial charge in [0.05, 0.1) is 6.61 Å². The summed E-state index contributed by atoms with van der Waals surface area (Å²) in [7, 11) is 0. The number of hydrogen-bond acceptors (Lipinski definition) is 3. The average Bonchev–Trinajstić information content (AvgIpc) is 2.53. The van der Waals surface area contributed by atoms with Crippen molar-refractivity contribution in [2.75, 3.05) is 11.9 Å². The minimum absolute atomic E-state index is 0.0924. The van der Waals surface area contributed by atoms with Gasteiger partial charge in [0.25, 0.3) is 0 Å². The van der Waals surface area contributed by atoms with Crippen LogP contribution in [0.25, 0.3) is 0 Å². The molecular formula is C18H20N2O3. The summed E-state index contributed by atoms with van der Waals surface area (Å²) >= 11 is 0. The summed E-state index contributed by atoms with van der Waals surface area (Å²) in [5.41, 5.74) is 7.29. The van der Waals surface area contributed by atoms with Gasteiger partial charge < -0.3 is 15.8 Å². The summed E-state index contributed by atoms with van der Waals surface area (Å²) in [4.78, 5) is 22.8. The van der Waals surface area contributed by atoms with Crippen LogP contribution in [0, 0.1) is 6.92 Å². The summed E-state index contributed by atoms with van der Waals surface area (Å²) in [6, 6.07) is 14.2. The molecule has 0 aromatic heterocycles. The molecule has 5 heteroatoms. The van der Waals surface area contributed by atoms with Gasteiger partial charge in [0.2, 0.25) is 11.8 Å². The van der Waals surface area contributed by atoms with Crippen LogP contribution in [0.15, 0.2) is 48.5 Å². The van der Waals surface area contributed by atoms with E-state index < -0.39 is 5.91 Å². The van der Waals surface area contributed by atoms with Crippen molar-refractivity contribution < 1.29 is 14.3 Å². The minimum Gasteiger partial charge on any atom is -0.493 e. The highest BCUT2D eigenvalue weighted by molar-refractivity contribution is 5.94. The summed E-state index contributed by atoms with van der Waals surface area (Å²) in [5, 5.41) is 2.77. The Morgan fingerprint density at radius 2 is 1.78 bits per heavy atom. The van der Waals surface area contributed by atoms with E-state index in [0.29, 0.717) is 30.7 Å². The zero-order chi connectivity index (χ0) is 16.7. The van der Waals surface area contributed by atoms with Crippen LogP contribution in [0.5, 0.6) is 5.75 Å². The Balaban J connectivity index is 1.73. The molecule has 3 N–H and O–H groups in total. The Morgan fingerprint density at radius 3 is 2.43 bits per heavy atom. The van der Waals surface area contributed by atoms with E-state index in [9.17, 15) is 9.59 Å². The van der Waals surface area contributed by atoms with E-state index in [-0.39, 0.29) is 5.91 Å². The van der Waals surface area contributed by atoms with Crippen molar-refractivity contribution in [1.82, 2.24) is 0 Å². The molecule has 0 saturated carbocycles. The number of aryl methyl sites for hydroxylation is 1. The number of nitrogens with two attached hydrogens (primary N) is 1. The number of carbonyl (C=O) groups excluding carboxylic acids is 2. The molecule has 120 valence electrons.